The molecule has 53 heavy (non-hydrogen) atoms. The summed E-state index contributed by atoms with van der Waals surface area (Å²) in [6.07, 6.45) is 0. The van der Waals surface area contributed by atoms with Gasteiger partial charge in [-0.25, -0.2) is 0 Å². The number of fused-ring (bicyclic) bond motifs is 9. The van der Waals surface area contributed by atoms with Gasteiger partial charge >= 0.3 is 0 Å². The molecule has 11 rings (SSSR count). The van der Waals surface area contributed by atoms with E-state index in [1.807, 2.05) is 11.3 Å². The molecule has 2 nitrogen and oxygen atoms in total. The fourth-order valence-electron chi connectivity index (χ4n) is 8.03. The first-order valence-electron chi connectivity index (χ1n) is 18.0. The van der Waals surface area contributed by atoms with E-state index in [1.165, 1.54) is 58.6 Å². The molecule has 0 amide bonds. The molecule has 0 aliphatic carbocycles. The topological polar surface area (TPSA) is 16.4 Å². The first kappa shape index (κ1) is 30.0. The minimum absolute atomic E-state index is 0.880. The van der Waals surface area contributed by atoms with Crippen molar-refractivity contribution >= 4 is 92.1 Å². The van der Waals surface area contributed by atoms with Gasteiger partial charge in [0.05, 0.1) is 11.1 Å². The number of benzene rings is 9. The molecule has 0 aliphatic heterocycles. The summed E-state index contributed by atoms with van der Waals surface area (Å²) in [6.45, 7) is 0. The lowest BCUT2D eigenvalue weighted by molar-refractivity contribution is 0.672. The monoisotopic (exact) mass is 693 g/mol. The van der Waals surface area contributed by atoms with Crippen LogP contribution in [0.1, 0.15) is 0 Å². The average molecular weight is 694 g/mol. The van der Waals surface area contributed by atoms with Gasteiger partial charge in [-0.05, 0) is 93.0 Å². The molecule has 0 fully saturated rings. The molecule has 0 saturated heterocycles. The lowest BCUT2D eigenvalue weighted by Crippen LogP contribution is -2.10. The molecule has 9 aromatic carbocycles. The van der Waals surface area contributed by atoms with Crippen molar-refractivity contribution in [2.45, 2.75) is 0 Å². The highest BCUT2D eigenvalue weighted by molar-refractivity contribution is 7.25. The highest BCUT2D eigenvalue weighted by atomic mass is 32.1. The Morgan fingerprint density at radius 3 is 1.81 bits per heavy atom. The molecule has 0 unspecified atom stereocenters. The lowest BCUT2D eigenvalue weighted by atomic mass is 9.98. The van der Waals surface area contributed by atoms with Crippen molar-refractivity contribution in [1.82, 2.24) is 0 Å². The minimum atomic E-state index is 0.880. The van der Waals surface area contributed by atoms with E-state index in [1.54, 1.807) is 0 Å². The normalized spacial score (nSPS) is 11.8. The van der Waals surface area contributed by atoms with Crippen LogP contribution in [0.4, 0.5) is 17.1 Å². The summed E-state index contributed by atoms with van der Waals surface area (Å²) in [6, 6.07) is 68.0. The zero-order valence-corrected chi connectivity index (χ0v) is 29.5. The van der Waals surface area contributed by atoms with Gasteiger partial charge in [0, 0.05) is 42.3 Å². The number of hydrogen-bond acceptors (Lipinski definition) is 3. The number of rotatable bonds is 5. The van der Waals surface area contributed by atoms with E-state index < -0.39 is 0 Å². The van der Waals surface area contributed by atoms with Crippen molar-refractivity contribution < 1.29 is 4.42 Å². The number of thiophene rings is 1. The molecule has 11 aromatic rings. The SMILES string of the molecule is c1ccc2cc(-c3ccc(-c4ccc(N(c5ccc6c(c5)sc5ccccc56)c5cccc6oc7c8ccccc8ccc7c56)cc4)cc3)ccc2c1. The summed E-state index contributed by atoms with van der Waals surface area (Å²) in [7, 11) is 0. The molecular weight excluding hydrogens is 663 g/mol. The largest absolute Gasteiger partial charge is 0.455 e. The van der Waals surface area contributed by atoms with E-state index >= 15 is 0 Å². The highest BCUT2D eigenvalue weighted by Gasteiger charge is 2.21. The Morgan fingerprint density at radius 2 is 0.981 bits per heavy atom. The summed E-state index contributed by atoms with van der Waals surface area (Å²) in [5, 5.41) is 9.63. The third-order valence-electron chi connectivity index (χ3n) is 10.7. The van der Waals surface area contributed by atoms with Crippen LogP contribution in [0.15, 0.2) is 192 Å². The quantitative estimate of drug-likeness (QED) is 0.178. The van der Waals surface area contributed by atoms with E-state index in [4.69, 9.17) is 4.42 Å². The average Bonchev–Trinajstić information content (AvgIpc) is 3.80. The van der Waals surface area contributed by atoms with Crippen molar-refractivity contribution in [3.8, 4) is 22.3 Å². The van der Waals surface area contributed by atoms with Crippen molar-refractivity contribution in [3.05, 3.63) is 188 Å². The summed E-state index contributed by atoms with van der Waals surface area (Å²) >= 11 is 1.85. The van der Waals surface area contributed by atoms with Crippen LogP contribution in [0.25, 0.3) is 85.9 Å². The van der Waals surface area contributed by atoms with Crippen LogP contribution in [-0.4, -0.2) is 0 Å². The fourth-order valence-corrected chi connectivity index (χ4v) is 9.17. The molecular formula is C50H31NOS. The predicted octanol–water partition coefficient (Wildman–Crippen LogP) is 15.1. The fraction of sp³-hybridized carbons (Fsp3) is 0. The zero-order valence-electron chi connectivity index (χ0n) is 28.7. The van der Waals surface area contributed by atoms with Gasteiger partial charge in [-0.3, -0.25) is 0 Å². The van der Waals surface area contributed by atoms with E-state index in [9.17, 15) is 0 Å². The van der Waals surface area contributed by atoms with Crippen molar-refractivity contribution in [2.24, 2.45) is 0 Å². The second-order valence-electron chi connectivity index (χ2n) is 13.7. The van der Waals surface area contributed by atoms with E-state index in [0.717, 1.165) is 44.4 Å². The van der Waals surface area contributed by atoms with Gasteiger partial charge in [0.15, 0.2) is 0 Å². The first-order chi connectivity index (χ1) is 26.2. The van der Waals surface area contributed by atoms with Gasteiger partial charge in [-0.1, -0.05) is 133 Å². The number of nitrogens with zero attached hydrogens (tertiary/aromatic N) is 1. The summed E-state index contributed by atoms with van der Waals surface area (Å²) in [5.41, 5.74) is 9.90. The molecule has 0 aliphatic rings. The third kappa shape index (κ3) is 4.93. The maximum absolute atomic E-state index is 6.65. The number of furan rings is 1. The van der Waals surface area contributed by atoms with Crippen molar-refractivity contribution in [1.29, 1.82) is 0 Å². The predicted molar refractivity (Wildman–Crippen MR) is 227 cm³/mol. The molecule has 0 spiro atoms. The highest BCUT2D eigenvalue weighted by Crippen LogP contribution is 2.46. The molecule has 2 heterocycles. The number of anilines is 3. The van der Waals surface area contributed by atoms with Crippen LogP contribution >= 0.6 is 11.3 Å². The van der Waals surface area contributed by atoms with E-state index in [0.29, 0.717) is 0 Å². The van der Waals surface area contributed by atoms with Gasteiger partial charge in [0.1, 0.15) is 11.2 Å². The van der Waals surface area contributed by atoms with Gasteiger partial charge in [-0.15, -0.1) is 11.3 Å². The van der Waals surface area contributed by atoms with Gasteiger partial charge in [0.2, 0.25) is 0 Å². The van der Waals surface area contributed by atoms with E-state index in [2.05, 4.69) is 193 Å². The van der Waals surface area contributed by atoms with E-state index in [-0.39, 0.29) is 0 Å². The summed E-state index contributed by atoms with van der Waals surface area (Å²) in [4.78, 5) is 2.39. The maximum atomic E-state index is 6.65. The Hall–Kier alpha value is -6.68. The standard InChI is InChI=1S/C50H31NOS/c1-2-10-37-30-38(21-20-32(37)8-1)35-18-16-33(17-19-35)34-22-25-39(26-23-34)51(40-27-29-43-42-12-5-6-15-47(42)53-48(43)31-40)45-13-7-14-46-49(45)44-28-24-36-9-3-4-11-41(36)50(44)52-46/h1-31H. The Labute approximate surface area is 310 Å². The molecule has 248 valence electrons. The smallest absolute Gasteiger partial charge is 0.143 e. The van der Waals surface area contributed by atoms with Crippen molar-refractivity contribution in [2.75, 3.05) is 4.90 Å². The molecule has 0 N–H and O–H groups in total. The Kier molecular flexibility index (Phi) is 6.76. The van der Waals surface area contributed by atoms with Crippen LogP contribution in [0.5, 0.6) is 0 Å². The van der Waals surface area contributed by atoms with Crippen LogP contribution in [0.3, 0.4) is 0 Å². The molecule has 0 radical (unpaired) electrons. The molecule has 0 atom stereocenters. The van der Waals surface area contributed by atoms with Crippen LogP contribution < -0.4 is 4.90 Å². The number of hydrogen-bond donors (Lipinski definition) is 0. The molecule has 0 bridgehead atoms. The zero-order chi connectivity index (χ0) is 34.9. The maximum Gasteiger partial charge on any atom is 0.143 e. The third-order valence-corrected chi connectivity index (χ3v) is 11.8. The summed E-state index contributed by atoms with van der Waals surface area (Å²) < 4.78 is 9.23. The molecule has 2 aromatic heterocycles. The first-order valence-corrected chi connectivity index (χ1v) is 18.8. The Morgan fingerprint density at radius 1 is 0.377 bits per heavy atom. The van der Waals surface area contributed by atoms with Crippen molar-refractivity contribution in [3.63, 3.8) is 0 Å². The lowest BCUT2D eigenvalue weighted by Gasteiger charge is -2.26. The van der Waals surface area contributed by atoms with Gasteiger partial charge < -0.3 is 9.32 Å². The minimum Gasteiger partial charge on any atom is -0.455 e. The van der Waals surface area contributed by atoms with Crippen LogP contribution in [0, 0.1) is 0 Å². The van der Waals surface area contributed by atoms with Crippen LogP contribution in [0.2, 0.25) is 0 Å². The van der Waals surface area contributed by atoms with Gasteiger partial charge in [0.25, 0.3) is 0 Å². The molecule has 3 heteroatoms. The second kappa shape index (κ2) is 11.9. The Bertz CT molecular complexity index is 3170. The van der Waals surface area contributed by atoms with Crippen LogP contribution in [-0.2, 0) is 0 Å². The molecule has 0 saturated carbocycles. The van der Waals surface area contributed by atoms with Gasteiger partial charge in [-0.2, -0.15) is 0 Å². The Balaban J connectivity index is 1.04. The summed E-state index contributed by atoms with van der Waals surface area (Å²) in [5.74, 6) is 0. The second-order valence-corrected chi connectivity index (χ2v) is 14.8.